The third-order valence-corrected chi connectivity index (χ3v) is 4.50. The minimum Gasteiger partial charge on any atom is -0.370 e. The average Bonchev–Trinajstić information content (AvgIpc) is 2.10. The van der Waals surface area contributed by atoms with Crippen LogP contribution in [0.2, 0.25) is 0 Å². The van der Waals surface area contributed by atoms with E-state index in [0.717, 1.165) is 0 Å². The van der Waals surface area contributed by atoms with Gasteiger partial charge in [0.15, 0.2) is 0 Å². The topological polar surface area (TPSA) is 89.3 Å². The van der Waals surface area contributed by atoms with E-state index in [9.17, 15) is 13.2 Å². The second kappa shape index (κ2) is 4.49. The van der Waals surface area contributed by atoms with E-state index in [4.69, 9.17) is 5.73 Å². The third kappa shape index (κ3) is 3.46. The highest BCUT2D eigenvalue weighted by atomic mass is 32.2. The van der Waals surface area contributed by atoms with Gasteiger partial charge in [-0.2, -0.15) is 0 Å². The Labute approximate surface area is 90.3 Å². The minimum absolute atomic E-state index is 0.146. The molecule has 1 fully saturated rings. The molecule has 0 radical (unpaired) electrons. The number of nitrogens with one attached hydrogen (secondary N) is 1. The normalized spacial score (nSPS) is 23.5. The molecule has 1 amide bonds. The molecule has 1 aliphatic heterocycles. The quantitative estimate of drug-likeness (QED) is 0.681. The molecule has 1 saturated heterocycles. The summed E-state index contributed by atoms with van der Waals surface area (Å²) in [5.74, 6) is -0.0872. The van der Waals surface area contributed by atoms with E-state index >= 15 is 0 Å². The molecule has 1 heterocycles. The Morgan fingerprint density at radius 3 is 2.33 bits per heavy atom. The Hall–Kier alpha value is -0.620. The zero-order chi connectivity index (χ0) is 11.5. The van der Waals surface area contributed by atoms with Gasteiger partial charge in [-0.3, -0.25) is 4.79 Å². The molecule has 6 heteroatoms. The van der Waals surface area contributed by atoms with E-state index in [1.807, 2.05) is 6.92 Å². The van der Waals surface area contributed by atoms with Crippen molar-refractivity contribution in [3.8, 4) is 0 Å². The number of hydrogen-bond donors (Lipinski definition) is 2. The highest BCUT2D eigenvalue weighted by molar-refractivity contribution is 7.91. The van der Waals surface area contributed by atoms with Crippen LogP contribution in [0.15, 0.2) is 0 Å². The standard InChI is InChI=1S/C9H18N2O3S/c1-2-11-9(7-8(10)12)3-5-15(13,14)6-4-9/h11H,2-7H2,1H3,(H2,10,12). The zero-order valence-electron chi connectivity index (χ0n) is 8.95. The summed E-state index contributed by atoms with van der Waals surface area (Å²) in [6.45, 7) is 2.65. The summed E-state index contributed by atoms with van der Waals surface area (Å²) in [6, 6.07) is 0. The second-order valence-electron chi connectivity index (χ2n) is 4.11. The third-order valence-electron chi connectivity index (χ3n) is 2.85. The molecule has 0 aromatic carbocycles. The number of hydrogen-bond acceptors (Lipinski definition) is 4. The first-order valence-corrected chi connectivity index (χ1v) is 6.95. The van der Waals surface area contributed by atoms with Gasteiger partial charge in [-0.1, -0.05) is 6.92 Å². The first kappa shape index (κ1) is 12.4. The number of nitrogens with two attached hydrogens (primary N) is 1. The SMILES string of the molecule is CCNC1(CC(N)=O)CCS(=O)(=O)CC1. The largest absolute Gasteiger partial charge is 0.370 e. The van der Waals surface area contributed by atoms with Crippen LogP contribution in [0.4, 0.5) is 0 Å². The van der Waals surface area contributed by atoms with E-state index in [-0.39, 0.29) is 23.8 Å². The number of primary amides is 1. The van der Waals surface area contributed by atoms with Crippen molar-refractivity contribution in [3.05, 3.63) is 0 Å². The van der Waals surface area contributed by atoms with Gasteiger partial charge >= 0.3 is 0 Å². The maximum Gasteiger partial charge on any atom is 0.219 e. The molecule has 1 aliphatic rings. The van der Waals surface area contributed by atoms with Gasteiger partial charge in [0.1, 0.15) is 9.84 Å². The molecule has 0 unspecified atom stereocenters. The maximum absolute atomic E-state index is 11.3. The van der Waals surface area contributed by atoms with Crippen molar-refractivity contribution in [2.45, 2.75) is 31.7 Å². The molecule has 0 aromatic heterocycles. The number of carbonyl (C=O) groups excluding carboxylic acids is 1. The van der Waals surface area contributed by atoms with Crippen LogP contribution in [0.3, 0.4) is 0 Å². The Balaban J connectivity index is 2.72. The summed E-state index contributed by atoms with van der Waals surface area (Å²) in [5.41, 5.74) is 4.78. The molecule has 0 bridgehead atoms. The fourth-order valence-electron chi connectivity index (χ4n) is 2.05. The van der Waals surface area contributed by atoms with Crippen LogP contribution < -0.4 is 11.1 Å². The lowest BCUT2D eigenvalue weighted by Gasteiger charge is -2.37. The summed E-state index contributed by atoms with van der Waals surface area (Å²) in [4.78, 5) is 10.9. The monoisotopic (exact) mass is 234 g/mol. The van der Waals surface area contributed by atoms with E-state index in [0.29, 0.717) is 19.4 Å². The summed E-state index contributed by atoms with van der Waals surface area (Å²) in [7, 11) is -2.90. The molecule has 1 rings (SSSR count). The zero-order valence-corrected chi connectivity index (χ0v) is 9.77. The van der Waals surface area contributed by atoms with Crippen LogP contribution >= 0.6 is 0 Å². The molecular weight excluding hydrogens is 216 g/mol. The summed E-state index contributed by atoms with van der Waals surface area (Å²) in [6.07, 6.45) is 1.18. The first-order chi connectivity index (χ1) is 6.89. The van der Waals surface area contributed by atoms with Crippen LogP contribution in [-0.2, 0) is 14.6 Å². The van der Waals surface area contributed by atoms with Crippen molar-refractivity contribution >= 4 is 15.7 Å². The average molecular weight is 234 g/mol. The number of rotatable bonds is 4. The fraction of sp³-hybridized carbons (Fsp3) is 0.889. The van der Waals surface area contributed by atoms with Gasteiger partial charge in [-0.15, -0.1) is 0 Å². The Morgan fingerprint density at radius 2 is 1.93 bits per heavy atom. The first-order valence-electron chi connectivity index (χ1n) is 5.13. The fourth-order valence-corrected chi connectivity index (χ4v) is 3.66. The molecular formula is C9H18N2O3S. The number of amides is 1. The van der Waals surface area contributed by atoms with Crippen LogP contribution in [0.1, 0.15) is 26.2 Å². The van der Waals surface area contributed by atoms with Crippen LogP contribution in [0, 0.1) is 0 Å². The Kier molecular flexibility index (Phi) is 3.72. The smallest absolute Gasteiger partial charge is 0.219 e. The Bertz CT molecular complexity index is 323. The van der Waals surface area contributed by atoms with Crippen molar-refractivity contribution in [1.29, 1.82) is 0 Å². The molecule has 0 spiro atoms. The van der Waals surface area contributed by atoms with Crippen molar-refractivity contribution < 1.29 is 13.2 Å². The van der Waals surface area contributed by atoms with E-state index in [1.54, 1.807) is 0 Å². The lowest BCUT2D eigenvalue weighted by molar-refractivity contribution is -0.119. The summed E-state index contributed by atoms with van der Waals surface area (Å²) in [5, 5.41) is 3.20. The minimum atomic E-state index is -2.90. The predicted octanol–water partition coefficient (Wildman–Crippen LogP) is -0.581. The highest BCUT2D eigenvalue weighted by Gasteiger charge is 2.37. The van der Waals surface area contributed by atoms with Crippen molar-refractivity contribution in [2.24, 2.45) is 5.73 Å². The molecule has 3 N–H and O–H groups in total. The van der Waals surface area contributed by atoms with Crippen LogP contribution in [0.25, 0.3) is 0 Å². The van der Waals surface area contributed by atoms with Crippen molar-refractivity contribution in [3.63, 3.8) is 0 Å². The highest BCUT2D eigenvalue weighted by Crippen LogP contribution is 2.26. The Morgan fingerprint density at radius 1 is 1.40 bits per heavy atom. The number of carbonyl (C=O) groups is 1. The van der Waals surface area contributed by atoms with Gasteiger partial charge in [-0.25, -0.2) is 8.42 Å². The van der Waals surface area contributed by atoms with Crippen LogP contribution in [0.5, 0.6) is 0 Å². The van der Waals surface area contributed by atoms with Crippen LogP contribution in [-0.4, -0.2) is 37.9 Å². The second-order valence-corrected chi connectivity index (χ2v) is 6.41. The molecule has 0 atom stereocenters. The van der Waals surface area contributed by atoms with Gasteiger partial charge in [-0.05, 0) is 19.4 Å². The molecule has 0 saturated carbocycles. The molecule has 5 nitrogen and oxygen atoms in total. The number of sulfone groups is 1. The molecule has 0 aliphatic carbocycles. The van der Waals surface area contributed by atoms with Gasteiger partial charge in [0.05, 0.1) is 11.5 Å². The van der Waals surface area contributed by atoms with Crippen molar-refractivity contribution in [1.82, 2.24) is 5.32 Å². The summed E-state index contributed by atoms with van der Waals surface area (Å²) >= 11 is 0. The lowest BCUT2D eigenvalue weighted by Crippen LogP contribution is -2.52. The van der Waals surface area contributed by atoms with E-state index in [1.165, 1.54) is 0 Å². The van der Waals surface area contributed by atoms with Crippen molar-refractivity contribution in [2.75, 3.05) is 18.1 Å². The predicted molar refractivity (Wildman–Crippen MR) is 58.1 cm³/mol. The summed E-state index contributed by atoms with van der Waals surface area (Å²) < 4.78 is 22.6. The van der Waals surface area contributed by atoms with Gasteiger partial charge in [0, 0.05) is 12.0 Å². The maximum atomic E-state index is 11.3. The molecule has 88 valence electrons. The van der Waals surface area contributed by atoms with Gasteiger partial charge in [0.2, 0.25) is 5.91 Å². The van der Waals surface area contributed by atoms with Gasteiger partial charge < -0.3 is 11.1 Å². The molecule has 0 aromatic rings. The van der Waals surface area contributed by atoms with Gasteiger partial charge in [0.25, 0.3) is 0 Å². The van der Waals surface area contributed by atoms with E-state index in [2.05, 4.69) is 5.32 Å². The molecule has 15 heavy (non-hydrogen) atoms. The van der Waals surface area contributed by atoms with E-state index < -0.39 is 15.4 Å². The lowest BCUT2D eigenvalue weighted by atomic mass is 9.88.